The van der Waals surface area contributed by atoms with Crippen LogP contribution in [0.25, 0.3) is 0 Å². The van der Waals surface area contributed by atoms with E-state index in [4.69, 9.17) is 33.2 Å². The zero-order valence-corrected chi connectivity index (χ0v) is 32.7. The molecule has 3 aromatic rings. The first-order chi connectivity index (χ1) is 27.7. The van der Waals surface area contributed by atoms with Gasteiger partial charge in [-0.1, -0.05) is 99.6 Å². The van der Waals surface area contributed by atoms with E-state index < -0.39 is 82.2 Å². The smallest absolute Gasteiger partial charge is 0.455 e. The number of fused-ring (bicyclic) bond motifs is 4. The Labute approximate surface area is 335 Å². The van der Waals surface area contributed by atoms with Gasteiger partial charge in [-0.2, -0.15) is 0 Å². The van der Waals surface area contributed by atoms with Gasteiger partial charge in [-0.3, -0.25) is 9.59 Å². The standard InChI is InChI=1S/C45H46O13/c1-26-32(55-40(49)52-23-28-14-8-5-9-15-28)22-45(51)38(57-39(48)30-18-12-7-13-19-30)36-43(21-31(43)20-33-44(36,25-54-33)58-27(2)46)37(47)35(34(26)42(45,3)4)56-41(50)53-24-29-16-10-6-11-17-29/h5-19,26,31-33,36,38,51H,20-25H2,1-4H3/t26?,31-,32+,33-,36+,38+,43-,44+,45-/m1/s1. The van der Waals surface area contributed by atoms with Crippen molar-refractivity contribution in [3.63, 3.8) is 0 Å². The Hall–Kier alpha value is -5.53. The minimum atomic E-state index is -2.16. The van der Waals surface area contributed by atoms with E-state index in [-0.39, 0.29) is 55.5 Å². The van der Waals surface area contributed by atoms with Crippen molar-refractivity contribution in [2.45, 2.75) is 89.7 Å². The molecule has 1 N–H and O–H groups in total. The Balaban J connectivity index is 1.27. The Morgan fingerprint density at radius 3 is 1.97 bits per heavy atom. The van der Waals surface area contributed by atoms with Crippen LogP contribution in [0.4, 0.5) is 9.59 Å². The third-order valence-electron chi connectivity index (χ3n) is 13.1. The van der Waals surface area contributed by atoms with Crippen LogP contribution in [0.1, 0.15) is 68.4 Å². The lowest BCUT2D eigenvalue weighted by Crippen LogP contribution is -2.77. The molecule has 9 atom stereocenters. The number of rotatable bonds is 9. The molecule has 13 heteroatoms. The first kappa shape index (κ1) is 39.3. The molecule has 0 radical (unpaired) electrons. The molecule has 5 aliphatic rings. The van der Waals surface area contributed by atoms with Gasteiger partial charge in [0.15, 0.2) is 11.4 Å². The van der Waals surface area contributed by atoms with Crippen LogP contribution in [-0.4, -0.2) is 71.3 Å². The molecule has 4 aliphatic carbocycles. The summed E-state index contributed by atoms with van der Waals surface area (Å²) in [6.07, 6.45) is -5.39. The molecule has 0 aromatic heterocycles. The molecule has 1 spiro atoms. The normalized spacial score (nSPS) is 32.6. The molecule has 2 bridgehead atoms. The molecule has 1 saturated heterocycles. The van der Waals surface area contributed by atoms with E-state index in [0.29, 0.717) is 17.5 Å². The second-order valence-electron chi connectivity index (χ2n) is 16.6. The maximum atomic E-state index is 15.6. The van der Waals surface area contributed by atoms with Gasteiger partial charge < -0.3 is 38.3 Å². The summed E-state index contributed by atoms with van der Waals surface area (Å²) in [5.41, 5.74) is -4.91. The van der Waals surface area contributed by atoms with Crippen LogP contribution in [0.3, 0.4) is 0 Å². The highest BCUT2D eigenvalue weighted by atomic mass is 16.7. The molecule has 1 aliphatic heterocycles. The van der Waals surface area contributed by atoms with Gasteiger partial charge in [-0.15, -0.1) is 0 Å². The minimum Gasteiger partial charge on any atom is -0.455 e. The lowest BCUT2D eigenvalue weighted by Gasteiger charge is -2.64. The van der Waals surface area contributed by atoms with Crippen LogP contribution < -0.4 is 0 Å². The summed E-state index contributed by atoms with van der Waals surface area (Å²) in [6.45, 7) is 5.88. The van der Waals surface area contributed by atoms with Crippen molar-refractivity contribution in [1.82, 2.24) is 0 Å². The predicted octanol–water partition coefficient (Wildman–Crippen LogP) is 6.65. The van der Waals surface area contributed by atoms with Gasteiger partial charge in [0.2, 0.25) is 5.78 Å². The number of carbonyl (C=O) groups is 5. The highest BCUT2D eigenvalue weighted by Gasteiger charge is 2.84. The second kappa shape index (κ2) is 14.7. The number of allylic oxidation sites excluding steroid dienone is 1. The first-order valence-electron chi connectivity index (χ1n) is 19.6. The number of ether oxygens (including phenoxy) is 7. The number of hydrogen-bond acceptors (Lipinski definition) is 13. The number of aliphatic hydroxyl groups is 1. The van der Waals surface area contributed by atoms with Crippen LogP contribution in [-0.2, 0) is 56.0 Å². The number of carbonyl (C=O) groups excluding carboxylic acids is 5. The first-order valence-corrected chi connectivity index (χ1v) is 19.6. The third-order valence-corrected chi connectivity index (χ3v) is 13.1. The van der Waals surface area contributed by atoms with Gasteiger partial charge in [-0.25, -0.2) is 14.4 Å². The van der Waals surface area contributed by atoms with Crippen molar-refractivity contribution in [2.24, 2.45) is 28.6 Å². The predicted molar refractivity (Wildman–Crippen MR) is 202 cm³/mol. The fourth-order valence-electron chi connectivity index (χ4n) is 10.2. The van der Waals surface area contributed by atoms with E-state index in [1.54, 1.807) is 99.6 Å². The van der Waals surface area contributed by atoms with Crippen LogP contribution in [0, 0.1) is 28.6 Å². The van der Waals surface area contributed by atoms with Crippen LogP contribution in [0.5, 0.6) is 0 Å². The van der Waals surface area contributed by atoms with Crippen LogP contribution >= 0.6 is 0 Å². The van der Waals surface area contributed by atoms with E-state index in [9.17, 15) is 24.3 Å². The van der Waals surface area contributed by atoms with Crippen molar-refractivity contribution >= 4 is 30.0 Å². The number of esters is 2. The summed E-state index contributed by atoms with van der Waals surface area (Å²) in [5, 5.41) is 13.6. The van der Waals surface area contributed by atoms with Crippen LogP contribution in [0.2, 0.25) is 0 Å². The summed E-state index contributed by atoms with van der Waals surface area (Å²) in [7, 11) is 0. The monoisotopic (exact) mass is 794 g/mol. The van der Waals surface area contributed by atoms with Gasteiger partial charge in [0.05, 0.1) is 23.5 Å². The summed E-state index contributed by atoms with van der Waals surface area (Å²) in [6, 6.07) is 26.1. The van der Waals surface area contributed by atoms with Gasteiger partial charge in [0, 0.05) is 24.7 Å². The topological polar surface area (TPSA) is 170 Å². The lowest BCUT2D eigenvalue weighted by atomic mass is 9.48. The molecular formula is C45H46O13. The molecule has 4 fully saturated rings. The van der Waals surface area contributed by atoms with Crippen molar-refractivity contribution in [3.8, 4) is 0 Å². The molecular weight excluding hydrogens is 748 g/mol. The average Bonchev–Trinajstić information content (AvgIpc) is 3.94. The molecule has 1 heterocycles. The third kappa shape index (κ3) is 6.44. The Morgan fingerprint density at radius 1 is 0.810 bits per heavy atom. The minimum absolute atomic E-state index is 0.102. The van der Waals surface area contributed by atoms with E-state index >= 15 is 4.79 Å². The van der Waals surface area contributed by atoms with E-state index in [2.05, 4.69) is 0 Å². The number of hydrogen-bond donors (Lipinski definition) is 1. The largest absolute Gasteiger partial charge is 0.514 e. The maximum absolute atomic E-state index is 15.6. The van der Waals surface area contributed by atoms with Crippen molar-refractivity contribution in [2.75, 3.05) is 6.61 Å². The number of benzene rings is 3. The van der Waals surface area contributed by atoms with Gasteiger partial charge in [0.25, 0.3) is 0 Å². The Morgan fingerprint density at radius 2 is 1.40 bits per heavy atom. The molecule has 1 unspecified atom stereocenters. The summed E-state index contributed by atoms with van der Waals surface area (Å²) < 4.78 is 41.7. The molecule has 3 saturated carbocycles. The summed E-state index contributed by atoms with van der Waals surface area (Å²) in [4.78, 5) is 69.9. The summed E-state index contributed by atoms with van der Waals surface area (Å²) >= 11 is 0. The molecule has 13 nitrogen and oxygen atoms in total. The van der Waals surface area contributed by atoms with Crippen molar-refractivity contribution in [1.29, 1.82) is 0 Å². The maximum Gasteiger partial charge on any atom is 0.514 e. The van der Waals surface area contributed by atoms with Gasteiger partial charge in [-0.05, 0) is 47.6 Å². The van der Waals surface area contributed by atoms with Crippen molar-refractivity contribution in [3.05, 3.63) is 119 Å². The van der Waals surface area contributed by atoms with Crippen molar-refractivity contribution < 1.29 is 62.2 Å². The van der Waals surface area contributed by atoms with E-state index in [1.165, 1.54) is 6.92 Å². The highest BCUT2D eigenvalue weighted by molar-refractivity contribution is 6.03. The van der Waals surface area contributed by atoms with E-state index in [0.717, 1.165) is 0 Å². The second-order valence-corrected chi connectivity index (χ2v) is 16.6. The molecule has 304 valence electrons. The Kier molecular flexibility index (Phi) is 9.95. The lowest BCUT2D eigenvalue weighted by molar-refractivity contribution is -0.323. The quantitative estimate of drug-likeness (QED) is 0.181. The number of ketones is 1. The molecule has 8 rings (SSSR count). The fourth-order valence-corrected chi connectivity index (χ4v) is 10.2. The van der Waals surface area contributed by atoms with Gasteiger partial charge in [0.1, 0.15) is 37.1 Å². The molecule has 58 heavy (non-hydrogen) atoms. The zero-order valence-electron chi connectivity index (χ0n) is 32.7. The Bertz CT molecular complexity index is 2130. The van der Waals surface area contributed by atoms with E-state index in [1.807, 2.05) is 12.1 Å². The molecule has 3 aromatic carbocycles. The highest BCUT2D eigenvalue weighted by Crippen LogP contribution is 2.75. The average molecular weight is 795 g/mol. The SMILES string of the molecule is CC(=O)O[C@@]12CO[C@@H]1C[C@@H]1C[C@@]13C(=O)C(OC(=O)OCc1ccccc1)=C1C(C)[C@@H](OC(=O)OCc4ccccc4)C[C@@](O)([C@@H](OC(=O)c4ccccc4)[C@H]23)C1(C)C. The fraction of sp³-hybridized carbons (Fsp3) is 0.444. The summed E-state index contributed by atoms with van der Waals surface area (Å²) in [5.74, 6) is -4.82. The molecule has 0 amide bonds. The number of Topliss-reactive ketones (excluding diaryl/α,β-unsaturated/α-hetero) is 1. The van der Waals surface area contributed by atoms with Crippen LogP contribution in [0.15, 0.2) is 102 Å². The van der Waals surface area contributed by atoms with Gasteiger partial charge >= 0.3 is 24.2 Å². The zero-order chi connectivity index (χ0) is 41.0.